The van der Waals surface area contributed by atoms with Crippen molar-refractivity contribution in [1.29, 1.82) is 0 Å². The SMILES string of the molecule is O=C(O)c1cc(N2CCN(C(=O)COc3cccc4ccccc34)CC2)ccc1O. The van der Waals surface area contributed by atoms with Gasteiger partial charge in [0.05, 0.1) is 0 Å². The zero-order chi connectivity index (χ0) is 21.1. The van der Waals surface area contributed by atoms with Crippen molar-refractivity contribution in [3.8, 4) is 11.5 Å². The molecule has 7 heteroatoms. The number of fused-ring (bicyclic) bond motifs is 1. The topological polar surface area (TPSA) is 90.3 Å². The minimum atomic E-state index is -1.17. The highest BCUT2D eigenvalue weighted by atomic mass is 16.5. The molecule has 0 aromatic heterocycles. The van der Waals surface area contributed by atoms with Gasteiger partial charge >= 0.3 is 5.97 Å². The molecule has 7 nitrogen and oxygen atoms in total. The summed E-state index contributed by atoms with van der Waals surface area (Å²) in [5.74, 6) is -0.829. The van der Waals surface area contributed by atoms with Crippen molar-refractivity contribution in [1.82, 2.24) is 4.90 Å². The van der Waals surface area contributed by atoms with Crippen LogP contribution in [0.25, 0.3) is 10.8 Å². The number of aromatic hydroxyl groups is 1. The molecule has 0 atom stereocenters. The van der Waals surface area contributed by atoms with Gasteiger partial charge in [0.25, 0.3) is 5.91 Å². The molecule has 1 heterocycles. The average molecular weight is 406 g/mol. The van der Waals surface area contributed by atoms with E-state index in [0.717, 1.165) is 10.8 Å². The van der Waals surface area contributed by atoms with Crippen molar-refractivity contribution in [2.75, 3.05) is 37.7 Å². The van der Waals surface area contributed by atoms with E-state index in [1.54, 1.807) is 11.0 Å². The number of amides is 1. The Morgan fingerprint density at radius 2 is 1.67 bits per heavy atom. The minimum Gasteiger partial charge on any atom is -0.507 e. The number of carbonyl (C=O) groups excluding carboxylic acids is 1. The second kappa shape index (κ2) is 8.32. The van der Waals surface area contributed by atoms with Gasteiger partial charge < -0.3 is 24.7 Å². The van der Waals surface area contributed by atoms with Crippen LogP contribution in [0.15, 0.2) is 60.7 Å². The van der Waals surface area contributed by atoms with Gasteiger partial charge in [0, 0.05) is 37.3 Å². The number of nitrogens with zero attached hydrogens (tertiary/aromatic N) is 2. The maximum Gasteiger partial charge on any atom is 0.339 e. The lowest BCUT2D eigenvalue weighted by atomic mass is 10.1. The summed E-state index contributed by atoms with van der Waals surface area (Å²) in [6, 6.07) is 18.2. The average Bonchev–Trinajstić information content (AvgIpc) is 2.77. The lowest BCUT2D eigenvalue weighted by Gasteiger charge is -2.36. The van der Waals surface area contributed by atoms with Gasteiger partial charge in [0.1, 0.15) is 17.1 Å². The van der Waals surface area contributed by atoms with E-state index in [1.807, 2.05) is 47.4 Å². The summed E-state index contributed by atoms with van der Waals surface area (Å²) < 4.78 is 5.80. The van der Waals surface area contributed by atoms with Gasteiger partial charge in [-0.25, -0.2) is 4.79 Å². The molecular formula is C23H22N2O5. The number of rotatable bonds is 5. The van der Waals surface area contributed by atoms with Gasteiger partial charge in [-0.2, -0.15) is 0 Å². The van der Waals surface area contributed by atoms with Crippen LogP contribution in [0.1, 0.15) is 10.4 Å². The van der Waals surface area contributed by atoms with E-state index >= 15 is 0 Å². The van der Waals surface area contributed by atoms with Crippen LogP contribution in [0.4, 0.5) is 5.69 Å². The van der Waals surface area contributed by atoms with Crippen LogP contribution in [-0.2, 0) is 4.79 Å². The van der Waals surface area contributed by atoms with Crippen LogP contribution < -0.4 is 9.64 Å². The predicted molar refractivity (Wildman–Crippen MR) is 113 cm³/mol. The molecule has 1 aliphatic rings. The van der Waals surface area contributed by atoms with E-state index in [2.05, 4.69) is 0 Å². The fourth-order valence-corrected chi connectivity index (χ4v) is 3.66. The van der Waals surface area contributed by atoms with E-state index in [9.17, 15) is 19.8 Å². The number of carboxylic acid groups (broad SMARTS) is 1. The molecule has 0 saturated carbocycles. The van der Waals surface area contributed by atoms with Gasteiger partial charge in [-0.15, -0.1) is 0 Å². The molecule has 0 radical (unpaired) electrons. The van der Waals surface area contributed by atoms with Crippen molar-refractivity contribution in [2.24, 2.45) is 0 Å². The smallest absolute Gasteiger partial charge is 0.339 e. The number of hydrogen-bond acceptors (Lipinski definition) is 5. The third kappa shape index (κ3) is 4.00. The van der Waals surface area contributed by atoms with Crippen molar-refractivity contribution >= 4 is 28.3 Å². The van der Waals surface area contributed by atoms with E-state index < -0.39 is 5.97 Å². The Labute approximate surface area is 173 Å². The van der Waals surface area contributed by atoms with Crippen molar-refractivity contribution in [3.05, 3.63) is 66.2 Å². The molecule has 1 saturated heterocycles. The number of anilines is 1. The van der Waals surface area contributed by atoms with Gasteiger partial charge in [-0.1, -0.05) is 36.4 Å². The Hall–Kier alpha value is -3.74. The molecule has 1 fully saturated rings. The monoisotopic (exact) mass is 406 g/mol. The van der Waals surface area contributed by atoms with Crippen LogP contribution in [0, 0.1) is 0 Å². The first-order chi connectivity index (χ1) is 14.5. The molecule has 1 amide bonds. The molecule has 0 unspecified atom stereocenters. The molecule has 154 valence electrons. The fraction of sp³-hybridized carbons (Fsp3) is 0.217. The molecule has 1 aliphatic heterocycles. The number of hydrogen-bond donors (Lipinski definition) is 2. The minimum absolute atomic E-state index is 0.0314. The predicted octanol–water partition coefficient (Wildman–Crippen LogP) is 2.97. The largest absolute Gasteiger partial charge is 0.507 e. The summed E-state index contributed by atoms with van der Waals surface area (Å²) in [5.41, 5.74) is 0.582. The first-order valence-corrected chi connectivity index (χ1v) is 9.72. The first kappa shape index (κ1) is 19.6. The van der Waals surface area contributed by atoms with Crippen LogP contribution in [0.2, 0.25) is 0 Å². The van der Waals surface area contributed by atoms with Crippen LogP contribution >= 0.6 is 0 Å². The zero-order valence-corrected chi connectivity index (χ0v) is 16.3. The lowest BCUT2D eigenvalue weighted by molar-refractivity contribution is -0.133. The maximum atomic E-state index is 12.6. The number of aromatic carboxylic acids is 1. The van der Waals surface area contributed by atoms with Crippen LogP contribution in [0.5, 0.6) is 11.5 Å². The summed E-state index contributed by atoms with van der Waals surface area (Å²) in [4.78, 5) is 27.6. The Kier molecular flexibility index (Phi) is 5.43. The Balaban J connectivity index is 1.35. The highest BCUT2D eigenvalue weighted by Crippen LogP contribution is 2.26. The number of piperazine rings is 1. The summed E-state index contributed by atoms with van der Waals surface area (Å²) in [5, 5.41) is 20.9. The van der Waals surface area contributed by atoms with Gasteiger partial charge in [0.15, 0.2) is 6.61 Å². The second-order valence-corrected chi connectivity index (χ2v) is 7.14. The molecular weight excluding hydrogens is 384 g/mol. The second-order valence-electron chi connectivity index (χ2n) is 7.14. The summed E-state index contributed by atoms with van der Waals surface area (Å²) in [6.45, 7) is 2.14. The standard InChI is InChI=1S/C23H22N2O5/c26-20-9-8-17(14-19(20)23(28)29)24-10-12-25(13-11-24)22(27)15-30-21-7-3-5-16-4-1-2-6-18(16)21/h1-9,14,26H,10-13,15H2,(H,28,29). The lowest BCUT2D eigenvalue weighted by Crippen LogP contribution is -2.50. The Morgan fingerprint density at radius 3 is 2.43 bits per heavy atom. The maximum absolute atomic E-state index is 12.6. The van der Waals surface area contributed by atoms with E-state index in [0.29, 0.717) is 37.6 Å². The normalized spacial score (nSPS) is 14.0. The third-order valence-electron chi connectivity index (χ3n) is 5.31. The van der Waals surface area contributed by atoms with E-state index in [1.165, 1.54) is 12.1 Å². The molecule has 3 aromatic carbocycles. The molecule has 2 N–H and O–H groups in total. The van der Waals surface area contributed by atoms with Gasteiger partial charge in [-0.05, 0) is 29.7 Å². The molecule has 0 bridgehead atoms. The first-order valence-electron chi connectivity index (χ1n) is 9.72. The number of carboxylic acids is 1. The Bertz CT molecular complexity index is 1080. The third-order valence-corrected chi connectivity index (χ3v) is 5.31. The van der Waals surface area contributed by atoms with Crippen molar-refractivity contribution in [3.63, 3.8) is 0 Å². The zero-order valence-electron chi connectivity index (χ0n) is 16.3. The van der Waals surface area contributed by atoms with E-state index in [4.69, 9.17) is 4.74 Å². The molecule has 0 aliphatic carbocycles. The number of ether oxygens (including phenoxy) is 1. The van der Waals surface area contributed by atoms with Crippen molar-refractivity contribution < 1.29 is 24.5 Å². The van der Waals surface area contributed by atoms with Gasteiger partial charge in [0.2, 0.25) is 0 Å². The summed E-state index contributed by atoms with van der Waals surface area (Å²) in [7, 11) is 0. The van der Waals surface area contributed by atoms with E-state index in [-0.39, 0.29) is 23.8 Å². The van der Waals surface area contributed by atoms with Gasteiger partial charge in [-0.3, -0.25) is 4.79 Å². The molecule has 4 rings (SSSR count). The molecule has 0 spiro atoms. The van der Waals surface area contributed by atoms with Crippen molar-refractivity contribution in [2.45, 2.75) is 0 Å². The van der Waals surface area contributed by atoms with Crippen LogP contribution in [0.3, 0.4) is 0 Å². The number of carbonyl (C=O) groups is 2. The number of benzene rings is 3. The molecule has 30 heavy (non-hydrogen) atoms. The fourth-order valence-electron chi connectivity index (χ4n) is 3.66. The van der Waals surface area contributed by atoms with Crippen LogP contribution in [-0.4, -0.2) is 59.8 Å². The summed E-state index contributed by atoms with van der Waals surface area (Å²) >= 11 is 0. The summed E-state index contributed by atoms with van der Waals surface area (Å²) in [6.07, 6.45) is 0. The number of phenols is 1. The highest BCUT2D eigenvalue weighted by Gasteiger charge is 2.23. The Morgan fingerprint density at radius 1 is 0.933 bits per heavy atom. The molecule has 3 aromatic rings. The highest BCUT2D eigenvalue weighted by molar-refractivity contribution is 5.92. The quantitative estimate of drug-likeness (QED) is 0.677.